The number of benzene rings is 4. The molecule has 6 rings (SSSR count). The predicted octanol–water partition coefficient (Wildman–Crippen LogP) is 7.83. The van der Waals surface area contributed by atoms with Gasteiger partial charge < -0.3 is 30.3 Å². The summed E-state index contributed by atoms with van der Waals surface area (Å²) in [6, 6.07) is 33.7. The van der Waals surface area contributed by atoms with Gasteiger partial charge in [-0.3, -0.25) is 9.13 Å². The third-order valence-corrected chi connectivity index (χ3v) is 5.45. The maximum atomic E-state index is 11.7. The van der Waals surface area contributed by atoms with Crippen molar-refractivity contribution in [3.63, 3.8) is 0 Å². The van der Waals surface area contributed by atoms with E-state index in [1.165, 1.54) is 19.5 Å². The second-order valence-electron chi connectivity index (χ2n) is 7.98. The Morgan fingerprint density at radius 3 is 1.23 bits per heavy atom. The van der Waals surface area contributed by atoms with E-state index in [2.05, 4.69) is 35.1 Å². The topological polar surface area (TPSA) is 143 Å². The third kappa shape index (κ3) is 10.2. The van der Waals surface area contributed by atoms with E-state index < -0.39 is 0 Å². The summed E-state index contributed by atoms with van der Waals surface area (Å²) < 4.78 is 13.3. The summed E-state index contributed by atoms with van der Waals surface area (Å²) in [5.41, 5.74) is 4.39. The van der Waals surface area contributed by atoms with Crippen LogP contribution >= 0.6 is 24.4 Å². The van der Waals surface area contributed by atoms with Crippen LogP contribution in [0.25, 0.3) is 43.7 Å². The van der Waals surface area contributed by atoms with Crippen molar-refractivity contribution in [1.29, 1.82) is 0 Å². The number of nitrogens with zero attached hydrogens (tertiary/aromatic N) is 6. The first-order chi connectivity index (χ1) is 20.5. The maximum Gasteiger partial charge on any atom is 2.00 e. The van der Waals surface area contributed by atoms with Gasteiger partial charge >= 0.3 is 28.3 Å². The molecule has 0 saturated carbocycles. The fourth-order valence-corrected chi connectivity index (χ4v) is 3.67. The number of rotatable bonds is 6. The molecule has 0 aliphatic heterocycles. The number of oxazole rings is 2. The normalized spacial score (nSPS) is 9.30. The van der Waals surface area contributed by atoms with Crippen LogP contribution in [0.5, 0.6) is 0 Å². The average molecular weight is 654 g/mol. The molecule has 1 radical (unpaired) electrons. The van der Waals surface area contributed by atoms with Gasteiger partial charge in [0, 0.05) is 0 Å². The first-order valence-corrected chi connectivity index (χ1v) is 13.0. The molecular weight excluding hydrogens is 631 g/mol. The van der Waals surface area contributed by atoms with Gasteiger partial charge in [0.05, 0.1) is 11.0 Å². The number of hydrogen-bond donors (Lipinski definition) is 0. The zero-order valence-corrected chi connectivity index (χ0v) is 24.9. The minimum atomic E-state index is -0.379. The third-order valence-electron chi connectivity index (χ3n) is 5.45. The van der Waals surface area contributed by atoms with Crippen molar-refractivity contribution in [3.8, 4) is 0 Å². The summed E-state index contributed by atoms with van der Waals surface area (Å²) in [7, 11) is 0. The summed E-state index contributed by atoms with van der Waals surface area (Å²) in [4.78, 5) is 23.4. The maximum absolute atomic E-state index is 11.7. The van der Waals surface area contributed by atoms with Crippen LogP contribution in [-0.4, -0.2) is 19.5 Å². The molecule has 0 amide bonds. The largest absolute Gasteiger partial charge is 2.00 e. The molecule has 0 N–H and O–H groups in total. The molecule has 13 heteroatoms. The molecule has 0 aliphatic carbocycles. The van der Waals surface area contributed by atoms with Crippen LogP contribution in [-0.2, 0) is 30.1 Å². The monoisotopic (exact) mass is 653 g/mol. The van der Waals surface area contributed by atoms with Crippen LogP contribution < -0.4 is 11.5 Å². The van der Waals surface area contributed by atoms with Crippen molar-refractivity contribution >= 4 is 68.3 Å². The number of hydrogen-bond acceptors (Lipinski definition) is 6. The Morgan fingerprint density at radius 1 is 0.581 bits per heavy atom. The standard InChI is InChI=1S/2C14H11N2O2.2CNS.Co/c2*17-14-16(10-15-11-6-2-1-3-7-11)12-8-4-5-9-13(12)18-14;2*2-1-3;/h2*1-9H,10H2;;;/q4*-1;+2. The molecule has 0 atom stereocenters. The van der Waals surface area contributed by atoms with Gasteiger partial charge in [0.2, 0.25) is 0 Å². The second kappa shape index (κ2) is 18.5. The Morgan fingerprint density at radius 2 is 0.884 bits per heavy atom. The molecule has 2 aromatic heterocycles. The SMILES string of the molecule is O=c1oc2ccccc2n1C[N-]c1ccccc1.O=c1oc2ccccc2n1C[N-]c1ccccc1.[Co+2].[N-]=C=S.[N-]=C=S. The summed E-state index contributed by atoms with van der Waals surface area (Å²) in [6.07, 6.45) is 0. The van der Waals surface area contributed by atoms with E-state index in [9.17, 15) is 9.59 Å². The van der Waals surface area contributed by atoms with E-state index >= 15 is 0 Å². The summed E-state index contributed by atoms with van der Waals surface area (Å²) in [5, 5.41) is 25.7. The summed E-state index contributed by atoms with van der Waals surface area (Å²) >= 11 is 7.40. The van der Waals surface area contributed by atoms with Crippen LogP contribution in [0.15, 0.2) is 128 Å². The molecule has 219 valence electrons. The second-order valence-corrected chi connectivity index (χ2v) is 8.35. The molecule has 2 heterocycles. The summed E-state index contributed by atoms with van der Waals surface area (Å²) in [6.45, 7) is 0.527. The molecule has 0 saturated heterocycles. The Hall–Kier alpha value is -4.87. The molecule has 43 heavy (non-hydrogen) atoms. The quantitative estimate of drug-likeness (QED) is 0.132. The Balaban J connectivity index is 0.000000249. The molecule has 0 aliphatic rings. The first-order valence-electron chi connectivity index (χ1n) is 12.2. The van der Waals surface area contributed by atoms with E-state index in [0.717, 1.165) is 22.4 Å². The van der Waals surface area contributed by atoms with Gasteiger partial charge in [-0.25, -0.2) is 9.59 Å². The van der Waals surface area contributed by atoms with Crippen LogP contribution in [0.2, 0.25) is 0 Å². The Kier molecular flexibility index (Phi) is 14.8. The molecule has 10 nitrogen and oxygen atoms in total. The molecule has 0 bridgehead atoms. The smallest absolute Gasteiger partial charge is 0.753 e. The minimum Gasteiger partial charge on any atom is -0.753 e. The van der Waals surface area contributed by atoms with Crippen molar-refractivity contribution in [2.45, 2.75) is 13.3 Å². The van der Waals surface area contributed by atoms with Gasteiger partial charge in [-0.05, 0) is 37.6 Å². The van der Waals surface area contributed by atoms with Crippen LogP contribution in [0.4, 0.5) is 11.4 Å². The minimum absolute atomic E-state index is 0. The fourth-order valence-electron chi connectivity index (χ4n) is 3.67. The van der Waals surface area contributed by atoms with Gasteiger partial charge in [-0.2, -0.15) is 10.3 Å². The van der Waals surface area contributed by atoms with Crippen molar-refractivity contribution in [3.05, 3.63) is 152 Å². The van der Waals surface area contributed by atoms with Crippen molar-refractivity contribution < 1.29 is 25.6 Å². The van der Waals surface area contributed by atoms with Crippen molar-refractivity contribution in [2.24, 2.45) is 0 Å². The molecule has 0 fully saturated rings. The van der Waals surface area contributed by atoms with Gasteiger partial charge in [0.15, 0.2) is 11.2 Å². The Bertz CT molecular complexity index is 1750. The van der Waals surface area contributed by atoms with Crippen molar-refractivity contribution in [2.75, 3.05) is 0 Å². The Labute approximate surface area is 267 Å². The fraction of sp³-hybridized carbons (Fsp3) is 0.0667. The van der Waals surface area contributed by atoms with Gasteiger partial charge in [-0.1, -0.05) is 109 Å². The zero-order chi connectivity index (χ0) is 30.2. The number of isothiocyanates is 2. The van der Waals surface area contributed by atoms with Crippen LogP contribution in [0.1, 0.15) is 0 Å². The molecule has 6 aromatic rings. The van der Waals surface area contributed by atoms with Crippen LogP contribution in [0, 0.1) is 0 Å². The number of fused-ring (bicyclic) bond motifs is 2. The first kappa shape index (κ1) is 34.3. The number of aromatic nitrogens is 2. The van der Waals surface area contributed by atoms with Crippen molar-refractivity contribution in [1.82, 2.24) is 9.13 Å². The number of para-hydroxylation sites is 6. The van der Waals surface area contributed by atoms with E-state index in [1.807, 2.05) is 97.1 Å². The molecule has 4 aromatic carbocycles. The van der Waals surface area contributed by atoms with E-state index in [4.69, 9.17) is 19.7 Å². The van der Waals surface area contributed by atoms with E-state index in [0.29, 0.717) is 11.2 Å². The molecule has 0 spiro atoms. The van der Waals surface area contributed by atoms with Gasteiger partial charge in [-0.15, -0.1) is 11.4 Å². The number of thiocarbonyl (C=S) groups is 2. The molecular formula is C30H22CoN6O4S2-2. The van der Waals surface area contributed by atoms with Gasteiger partial charge in [0.25, 0.3) is 0 Å². The van der Waals surface area contributed by atoms with E-state index in [1.54, 1.807) is 12.1 Å². The summed E-state index contributed by atoms with van der Waals surface area (Å²) in [5.74, 6) is -0.758. The molecule has 0 unspecified atom stereocenters. The van der Waals surface area contributed by atoms with E-state index in [-0.39, 0.29) is 41.6 Å². The zero-order valence-electron chi connectivity index (χ0n) is 22.3. The predicted molar refractivity (Wildman–Crippen MR) is 172 cm³/mol. The van der Waals surface area contributed by atoms with Gasteiger partial charge in [0.1, 0.15) is 0 Å². The van der Waals surface area contributed by atoms with Crippen LogP contribution in [0.3, 0.4) is 0 Å². The average Bonchev–Trinajstić information content (AvgIpc) is 3.51.